The van der Waals surface area contributed by atoms with Crippen LogP contribution in [-0.4, -0.2) is 24.2 Å². The van der Waals surface area contributed by atoms with E-state index in [1.165, 1.54) is 0 Å². The summed E-state index contributed by atoms with van der Waals surface area (Å²) in [6, 6.07) is 26.3. The fourth-order valence-corrected chi connectivity index (χ4v) is 4.74. The van der Waals surface area contributed by atoms with Crippen LogP contribution in [0.2, 0.25) is 0 Å². The summed E-state index contributed by atoms with van der Waals surface area (Å²) in [6.07, 6.45) is 1.83. The number of benzene rings is 3. The molecule has 0 fully saturated rings. The number of rotatable bonds is 5. The number of nitrogens with zero attached hydrogens (tertiary/aromatic N) is 2. The van der Waals surface area contributed by atoms with Gasteiger partial charge in [0.1, 0.15) is 23.2 Å². The summed E-state index contributed by atoms with van der Waals surface area (Å²) in [7, 11) is 3.14. The molecule has 6 aromatic rings. The number of hydrogen-bond acceptors (Lipinski definition) is 6. The Bertz CT molecular complexity index is 1950. The summed E-state index contributed by atoms with van der Waals surface area (Å²) in [5.41, 5.74) is 4.26. The second-order valence-corrected chi connectivity index (χ2v) is 8.69. The molecule has 0 radical (unpaired) electrons. The molecule has 0 unspecified atom stereocenters. The van der Waals surface area contributed by atoms with E-state index in [-0.39, 0.29) is 5.56 Å². The molecule has 0 saturated heterocycles. The fourth-order valence-electron chi connectivity index (χ4n) is 4.74. The molecule has 0 bridgehead atoms. The molecule has 3 heterocycles. The Hall–Kier alpha value is -5.35. The van der Waals surface area contributed by atoms with Crippen molar-refractivity contribution in [2.45, 2.75) is 0 Å². The highest BCUT2D eigenvalue weighted by molar-refractivity contribution is 5.98. The maximum Gasteiger partial charge on any atom is 0.345 e. The first-order valence-electron chi connectivity index (χ1n) is 11.9. The lowest BCUT2D eigenvalue weighted by Crippen LogP contribution is -2.06. The average Bonchev–Trinajstić information content (AvgIpc) is 3.40. The minimum Gasteiger partial charge on any atom is -0.497 e. The standard InChI is InChI=1S/C31H21N3O4/c1-36-19-11-12-29(37-2)22(14-19)21-15-27(23-13-18-7-3-6-10-28(18)38-31(23)35)34-30(24(21)16-32)25-17-33-26-9-5-4-8-20(25)26/h3-15,17,33H,1-2H3. The van der Waals surface area contributed by atoms with Crippen molar-refractivity contribution in [3.8, 4) is 51.2 Å². The van der Waals surface area contributed by atoms with Crippen molar-refractivity contribution >= 4 is 21.9 Å². The first-order valence-corrected chi connectivity index (χ1v) is 11.9. The maximum absolute atomic E-state index is 13.1. The lowest BCUT2D eigenvalue weighted by molar-refractivity contribution is 0.404. The average molecular weight is 500 g/mol. The summed E-state index contributed by atoms with van der Waals surface area (Å²) < 4.78 is 16.7. The molecule has 6 rings (SSSR count). The summed E-state index contributed by atoms with van der Waals surface area (Å²) in [5, 5.41) is 12.1. The van der Waals surface area contributed by atoms with Gasteiger partial charge in [-0.3, -0.25) is 0 Å². The molecule has 0 atom stereocenters. The molecule has 3 aromatic carbocycles. The van der Waals surface area contributed by atoms with Gasteiger partial charge in [-0.2, -0.15) is 5.26 Å². The van der Waals surface area contributed by atoms with E-state index in [0.29, 0.717) is 45.2 Å². The molecule has 184 valence electrons. The molecule has 1 N–H and O–H groups in total. The van der Waals surface area contributed by atoms with Crippen LogP contribution in [0.25, 0.3) is 55.5 Å². The van der Waals surface area contributed by atoms with Gasteiger partial charge < -0.3 is 18.9 Å². The van der Waals surface area contributed by atoms with Gasteiger partial charge in [0.15, 0.2) is 0 Å². The number of nitriles is 1. The fraction of sp³-hybridized carbons (Fsp3) is 0.0645. The van der Waals surface area contributed by atoms with Gasteiger partial charge in [0.05, 0.1) is 36.7 Å². The molecule has 0 aliphatic rings. The smallest absolute Gasteiger partial charge is 0.345 e. The SMILES string of the molecule is COc1ccc(OC)c(-c2cc(-c3cc4ccccc4oc3=O)nc(-c3c[nH]c4ccccc34)c2C#N)c1. The third kappa shape index (κ3) is 3.76. The normalized spacial score (nSPS) is 11.0. The number of H-pyrrole nitrogens is 1. The third-order valence-electron chi connectivity index (χ3n) is 6.59. The van der Waals surface area contributed by atoms with Crippen molar-refractivity contribution < 1.29 is 13.9 Å². The number of aromatic amines is 1. The molecule has 0 amide bonds. The third-order valence-corrected chi connectivity index (χ3v) is 6.59. The van der Waals surface area contributed by atoms with E-state index >= 15 is 0 Å². The van der Waals surface area contributed by atoms with E-state index in [2.05, 4.69) is 11.1 Å². The first-order chi connectivity index (χ1) is 18.6. The molecule has 0 aliphatic heterocycles. The van der Waals surface area contributed by atoms with Gasteiger partial charge in [0.25, 0.3) is 0 Å². The number of aromatic nitrogens is 2. The molecule has 38 heavy (non-hydrogen) atoms. The Morgan fingerprint density at radius 1 is 0.868 bits per heavy atom. The van der Waals surface area contributed by atoms with Crippen LogP contribution in [0.4, 0.5) is 0 Å². The molecule has 7 heteroatoms. The van der Waals surface area contributed by atoms with E-state index in [9.17, 15) is 10.1 Å². The number of fused-ring (bicyclic) bond motifs is 2. The predicted molar refractivity (Wildman–Crippen MR) is 146 cm³/mol. The van der Waals surface area contributed by atoms with Gasteiger partial charge >= 0.3 is 5.63 Å². The lowest BCUT2D eigenvalue weighted by atomic mass is 9.93. The largest absolute Gasteiger partial charge is 0.497 e. The Labute approximate surface area is 217 Å². The minimum absolute atomic E-state index is 0.289. The summed E-state index contributed by atoms with van der Waals surface area (Å²) >= 11 is 0. The molecule has 0 aliphatic carbocycles. The van der Waals surface area contributed by atoms with Crippen LogP contribution in [0, 0.1) is 11.3 Å². The second-order valence-electron chi connectivity index (χ2n) is 8.69. The Kier molecular flexibility index (Phi) is 5.63. The molecule has 0 saturated carbocycles. The summed E-state index contributed by atoms with van der Waals surface area (Å²) in [5.74, 6) is 1.15. The van der Waals surface area contributed by atoms with Crippen molar-refractivity contribution in [2.75, 3.05) is 14.2 Å². The number of nitrogens with one attached hydrogen (secondary N) is 1. The number of ether oxygens (including phenoxy) is 2. The first kappa shape index (κ1) is 23.1. The van der Waals surface area contributed by atoms with Crippen LogP contribution in [0.15, 0.2) is 94.3 Å². The highest BCUT2D eigenvalue weighted by atomic mass is 16.5. The van der Waals surface area contributed by atoms with Crippen molar-refractivity contribution in [1.82, 2.24) is 9.97 Å². The predicted octanol–water partition coefficient (Wildman–Crippen LogP) is 6.56. The van der Waals surface area contributed by atoms with Gasteiger partial charge in [-0.05, 0) is 42.5 Å². The van der Waals surface area contributed by atoms with E-state index < -0.39 is 5.63 Å². The summed E-state index contributed by atoms with van der Waals surface area (Å²) in [6.45, 7) is 0. The Morgan fingerprint density at radius 2 is 1.68 bits per heavy atom. The molecule has 7 nitrogen and oxygen atoms in total. The van der Waals surface area contributed by atoms with E-state index in [1.807, 2.05) is 48.7 Å². The van der Waals surface area contributed by atoms with E-state index in [0.717, 1.165) is 21.9 Å². The van der Waals surface area contributed by atoms with Crippen LogP contribution in [-0.2, 0) is 0 Å². The van der Waals surface area contributed by atoms with Crippen molar-refractivity contribution in [1.29, 1.82) is 5.26 Å². The topological polar surface area (TPSA) is 101 Å². The van der Waals surface area contributed by atoms with Gasteiger partial charge in [0.2, 0.25) is 0 Å². The van der Waals surface area contributed by atoms with Crippen LogP contribution in [0.1, 0.15) is 5.56 Å². The Balaban J connectivity index is 1.72. The second kappa shape index (κ2) is 9.26. The van der Waals surface area contributed by atoms with Gasteiger partial charge in [-0.25, -0.2) is 9.78 Å². The lowest BCUT2D eigenvalue weighted by Gasteiger charge is -2.15. The zero-order valence-electron chi connectivity index (χ0n) is 20.6. The minimum atomic E-state index is -0.519. The zero-order chi connectivity index (χ0) is 26.2. The van der Waals surface area contributed by atoms with Crippen LogP contribution < -0.4 is 15.1 Å². The van der Waals surface area contributed by atoms with Crippen molar-refractivity contribution in [3.05, 3.63) is 101 Å². The number of para-hydroxylation sites is 2. The highest BCUT2D eigenvalue weighted by Crippen LogP contribution is 2.41. The molecule has 0 spiro atoms. The highest BCUT2D eigenvalue weighted by Gasteiger charge is 2.23. The van der Waals surface area contributed by atoms with Crippen LogP contribution in [0.5, 0.6) is 11.5 Å². The van der Waals surface area contributed by atoms with Gasteiger partial charge in [-0.15, -0.1) is 0 Å². The zero-order valence-corrected chi connectivity index (χ0v) is 20.6. The number of hydrogen-bond donors (Lipinski definition) is 1. The van der Waals surface area contributed by atoms with Crippen molar-refractivity contribution in [2.24, 2.45) is 0 Å². The molecule has 3 aromatic heterocycles. The van der Waals surface area contributed by atoms with Crippen LogP contribution >= 0.6 is 0 Å². The Morgan fingerprint density at radius 3 is 2.50 bits per heavy atom. The van der Waals surface area contributed by atoms with Crippen LogP contribution in [0.3, 0.4) is 0 Å². The van der Waals surface area contributed by atoms with E-state index in [4.69, 9.17) is 18.9 Å². The molecular formula is C31H21N3O4. The quantitative estimate of drug-likeness (QED) is 0.270. The monoisotopic (exact) mass is 499 g/mol. The maximum atomic E-state index is 13.1. The number of methoxy groups -OCH3 is 2. The van der Waals surface area contributed by atoms with E-state index in [1.54, 1.807) is 50.6 Å². The molecular weight excluding hydrogens is 478 g/mol. The van der Waals surface area contributed by atoms with Gasteiger partial charge in [0, 0.05) is 39.2 Å². The summed E-state index contributed by atoms with van der Waals surface area (Å²) in [4.78, 5) is 21.3. The van der Waals surface area contributed by atoms with Gasteiger partial charge in [-0.1, -0.05) is 36.4 Å². The number of pyridine rings is 1. The van der Waals surface area contributed by atoms with Crippen molar-refractivity contribution in [3.63, 3.8) is 0 Å².